The molecular weight excluding hydrogens is 329 g/mol. The lowest BCUT2D eigenvalue weighted by atomic mass is 10.1. The monoisotopic (exact) mass is 344 g/mol. The Labute approximate surface area is 142 Å². The summed E-state index contributed by atoms with van der Waals surface area (Å²) in [5.74, 6) is 0.897. The number of nitrogens with zero attached hydrogens (tertiary/aromatic N) is 2. The van der Waals surface area contributed by atoms with Crippen molar-refractivity contribution in [3.8, 4) is 11.3 Å². The third-order valence-electron chi connectivity index (χ3n) is 3.50. The minimum absolute atomic E-state index is 0.413. The van der Waals surface area contributed by atoms with E-state index in [0.29, 0.717) is 23.1 Å². The van der Waals surface area contributed by atoms with Gasteiger partial charge in [0, 0.05) is 24.4 Å². The summed E-state index contributed by atoms with van der Waals surface area (Å²) in [5.41, 5.74) is 1.43. The highest BCUT2D eigenvalue weighted by Gasteiger charge is 2.29. The Balaban J connectivity index is 1.89. The summed E-state index contributed by atoms with van der Waals surface area (Å²) in [6.45, 7) is 0. The molecule has 3 rings (SSSR count). The van der Waals surface area contributed by atoms with Crippen LogP contribution in [-0.2, 0) is 6.18 Å². The van der Waals surface area contributed by atoms with E-state index in [1.54, 1.807) is 13.1 Å². The first kappa shape index (κ1) is 16.8. The molecule has 0 atom stereocenters. The van der Waals surface area contributed by atoms with Crippen molar-refractivity contribution >= 4 is 17.5 Å². The first-order valence-electron chi connectivity index (χ1n) is 7.52. The molecule has 0 bridgehead atoms. The van der Waals surface area contributed by atoms with Crippen molar-refractivity contribution < 1.29 is 13.2 Å². The summed E-state index contributed by atoms with van der Waals surface area (Å²) in [7, 11) is 1.70. The van der Waals surface area contributed by atoms with E-state index >= 15 is 0 Å². The largest absolute Gasteiger partial charge is 0.416 e. The van der Waals surface area contributed by atoms with Crippen LogP contribution in [0.1, 0.15) is 5.56 Å². The average Bonchev–Trinajstić information content (AvgIpc) is 2.62. The first-order valence-corrected chi connectivity index (χ1v) is 7.52. The molecule has 2 aromatic carbocycles. The van der Waals surface area contributed by atoms with Crippen LogP contribution in [0.3, 0.4) is 0 Å². The maximum absolute atomic E-state index is 12.6. The Hall–Kier alpha value is -3.09. The molecule has 2 N–H and O–H groups in total. The highest BCUT2D eigenvalue weighted by molar-refractivity contribution is 5.67. The van der Waals surface area contributed by atoms with Gasteiger partial charge in [0.2, 0.25) is 5.95 Å². The molecule has 0 unspecified atom stereocenters. The molecule has 0 amide bonds. The van der Waals surface area contributed by atoms with Crippen molar-refractivity contribution in [2.75, 3.05) is 17.7 Å². The van der Waals surface area contributed by atoms with Gasteiger partial charge in [-0.3, -0.25) is 0 Å². The maximum Gasteiger partial charge on any atom is 0.416 e. The van der Waals surface area contributed by atoms with Crippen molar-refractivity contribution in [2.24, 2.45) is 0 Å². The van der Waals surface area contributed by atoms with Crippen molar-refractivity contribution in [2.45, 2.75) is 6.18 Å². The molecule has 0 aliphatic heterocycles. The zero-order chi connectivity index (χ0) is 17.9. The topological polar surface area (TPSA) is 49.8 Å². The van der Waals surface area contributed by atoms with E-state index in [0.717, 1.165) is 17.7 Å². The minimum Gasteiger partial charge on any atom is -0.357 e. The van der Waals surface area contributed by atoms with Gasteiger partial charge < -0.3 is 10.6 Å². The molecule has 25 heavy (non-hydrogen) atoms. The number of benzene rings is 2. The standard InChI is InChI=1S/C18H15F3N4/c1-22-17-24-15(12-5-3-2-4-6-12)11-16(25-17)23-14-9-7-13(8-10-14)18(19,20)21/h2-11H,1H3,(H2,22,23,24,25). The van der Waals surface area contributed by atoms with Crippen LogP contribution in [0.15, 0.2) is 60.7 Å². The van der Waals surface area contributed by atoms with Gasteiger partial charge in [0.25, 0.3) is 0 Å². The minimum atomic E-state index is -4.35. The van der Waals surface area contributed by atoms with Gasteiger partial charge in [0.15, 0.2) is 0 Å². The molecule has 0 aliphatic carbocycles. The molecule has 4 nitrogen and oxygen atoms in total. The number of aromatic nitrogens is 2. The molecule has 0 fully saturated rings. The first-order chi connectivity index (χ1) is 12.0. The molecule has 1 aromatic heterocycles. The van der Waals surface area contributed by atoms with E-state index < -0.39 is 11.7 Å². The quantitative estimate of drug-likeness (QED) is 0.703. The van der Waals surface area contributed by atoms with E-state index in [1.165, 1.54) is 12.1 Å². The number of rotatable bonds is 4. The molecule has 3 aromatic rings. The summed E-state index contributed by atoms with van der Waals surface area (Å²) in [6, 6.07) is 16.1. The van der Waals surface area contributed by atoms with Crippen molar-refractivity contribution in [3.63, 3.8) is 0 Å². The Morgan fingerprint density at radius 2 is 1.56 bits per heavy atom. The zero-order valence-corrected chi connectivity index (χ0v) is 13.3. The second-order valence-corrected chi connectivity index (χ2v) is 5.28. The lowest BCUT2D eigenvalue weighted by Crippen LogP contribution is -2.05. The van der Waals surface area contributed by atoms with Crippen LogP contribution < -0.4 is 10.6 Å². The van der Waals surface area contributed by atoms with Crippen LogP contribution >= 0.6 is 0 Å². The second-order valence-electron chi connectivity index (χ2n) is 5.28. The number of hydrogen-bond donors (Lipinski definition) is 2. The van der Waals surface area contributed by atoms with E-state index in [4.69, 9.17) is 0 Å². The molecule has 7 heteroatoms. The maximum atomic E-state index is 12.6. The Kier molecular flexibility index (Phi) is 4.56. The van der Waals surface area contributed by atoms with Crippen LogP contribution in [0.2, 0.25) is 0 Å². The molecule has 0 saturated carbocycles. The SMILES string of the molecule is CNc1nc(Nc2ccc(C(F)(F)F)cc2)cc(-c2ccccc2)n1. The fourth-order valence-corrected chi connectivity index (χ4v) is 2.27. The highest BCUT2D eigenvalue weighted by Crippen LogP contribution is 2.30. The predicted octanol–water partition coefficient (Wildman–Crippen LogP) is 4.95. The number of nitrogens with one attached hydrogen (secondary N) is 2. The van der Waals surface area contributed by atoms with Gasteiger partial charge in [-0.25, -0.2) is 4.98 Å². The number of anilines is 3. The molecular formula is C18H15F3N4. The fraction of sp³-hybridized carbons (Fsp3) is 0.111. The third-order valence-corrected chi connectivity index (χ3v) is 3.50. The van der Waals surface area contributed by atoms with Gasteiger partial charge in [-0.2, -0.15) is 18.2 Å². The summed E-state index contributed by atoms with van der Waals surface area (Å²) in [6.07, 6.45) is -4.35. The van der Waals surface area contributed by atoms with Gasteiger partial charge >= 0.3 is 6.18 Å². The van der Waals surface area contributed by atoms with E-state index in [2.05, 4.69) is 20.6 Å². The third kappa shape index (κ3) is 4.06. The number of alkyl halides is 3. The number of hydrogen-bond acceptors (Lipinski definition) is 4. The van der Waals surface area contributed by atoms with Gasteiger partial charge in [-0.1, -0.05) is 30.3 Å². The van der Waals surface area contributed by atoms with Gasteiger partial charge in [-0.05, 0) is 24.3 Å². The summed E-state index contributed by atoms with van der Waals surface area (Å²) < 4.78 is 37.9. The van der Waals surface area contributed by atoms with Crippen molar-refractivity contribution in [3.05, 3.63) is 66.2 Å². The molecule has 0 spiro atoms. The molecule has 0 aliphatic rings. The molecule has 0 radical (unpaired) electrons. The Morgan fingerprint density at radius 1 is 0.880 bits per heavy atom. The predicted molar refractivity (Wildman–Crippen MR) is 91.7 cm³/mol. The van der Waals surface area contributed by atoms with E-state index in [9.17, 15) is 13.2 Å². The summed E-state index contributed by atoms with van der Waals surface area (Å²) >= 11 is 0. The average molecular weight is 344 g/mol. The lowest BCUT2D eigenvalue weighted by Gasteiger charge is -2.11. The van der Waals surface area contributed by atoms with Gasteiger partial charge in [-0.15, -0.1) is 0 Å². The van der Waals surface area contributed by atoms with Gasteiger partial charge in [0.05, 0.1) is 11.3 Å². The zero-order valence-electron chi connectivity index (χ0n) is 13.3. The molecule has 0 saturated heterocycles. The normalized spacial score (nSPS) is 11.2. The van der Waals surface area contributed by atoms with Crippen LogP contribution in [0.25, 0.3) is 11.3 Å². The lowest BCUT2D eigenvalue weighted by molar-refractivity contribution is -0.137. The van der Waals surface area contributed by atoms with Crippen molar-refractivity contribution in [1.82, 2.24) is 9.97 Å². The fourth-order valence-electron chi connectivity index (χ4n) is 2.27. The van der Waals surface area contributed by atoms with Crippen molar-refractivity contribution in [1.29, 1.82) is 0 Å². The summed E-state index contributed by atoms with van der Waals surface area (Å²) in [4.78, 5) is 8.69. The smallest absolute Gasteiger partial charge is 0.357 e. The molecule has 128 valence electrons. The van der Waals surface area contributed by atoms with Gasteiger partial charge in [0.1, 0.15) is 5.82 Å². The van der Waals surface area contributed by atoms with E-state index in [1.807, 2.05) is 30.3 Å². The van der Waals surface area contributed by atoms with Crippen LogP contribution in [-0.4, -0.2) is 17.0 Å². The summed E-state index contributed by atoms with van der Waals surface area (Å²) in [5, 5.41) is 5.89. The molecule has 1 heterocycles. The van der Waals surface area contributed by atoms with E-state index in [-0.39, 0.29) is 0 Å². The van der Waals surface area contributed by atoms with Crippen LogP contribution in [0, 0.1) is 0 Å². The van der Waals surface area contributed by atoms with Crippen LogP contribution in [0.4, 0.5) is 30.6 Å². The highest BCUT2D eigenvalue weighted by atomic mass is 19.4. The Bertz CT molecular complexity index is 846. The van der Waals surface area contributed by atoms with Crippen LogP contribution in [0.5, 0.6) is 0 Å². The second kappa shape index (κ2) is 6.80. The number of halogens is 3. The Morgan fingerprint density at radius 3 is 2.16 bits per heavy atom.